The van der Waals surface area contributed by atoms with Crippen LogP contribution in [0.5, 0.6) is 0 Å². The fourth-order valence-electron chi connectivity index (χ4n) is 2.31. The molecule has 0 bridgehead atoms. The molecule has 0 spiro atoms. The molecule has 30 heavy (non-hydrogen) atoms. The average Bonchev–Trinajstić information content (AvgIpc) is 2.54. The van der Waals surface area contributed by atoms with E-state index in [1.165, 1.54) is 0 Å². The van der Waals surface area contributed by atoms with Gasteiger partial charge in [-0.25, -0.2) is 9.18 Å². The third-order valence-electron chi connectivity index (χ3n) is 3.46. The van der Waals surface area contributed by atoms with Crippen LogP contribution < -0.4 is 5.32 Å². The molecule has 0 heterocycles. The van der Waals surface area contributed by atoms with Crippen LogP contribution in [0, 0.1) is 15.9 Å². The fourth-order valence-corrected chi connectivity index (χ4v) is 2.31. The van der Waals surface area contributed by atoms with E-state index in [2.05, 4.69) is 5.32 Å². The van der Waals surface area contributed by atoms with Gasteiger partial charge in [0.05, 0.1) is 16.6 Å². The molecule has 9 nitrogen and oxygen atoms in total. The summed E-state index contributed by atoms with van der Waals surface area (Å²) in [6, 6.07) is 1.28. The van der Waals surface area contributed by atoms with Gasteiger partial charge in [0.15, 0.2) is 0 Å². The Morgan fingerprint density at radius 2 is 1.67 bits per heavy atom. The molecule has 0 aliphatic heterocycles. The first-order chi connectivity index (χ1) is 13.6. The minimum Gasteiger partial charge on any atom is -0.460 e. The topological polar surface area (TPSA) is 125 Å². The molecule has 166 valence electrons. The van der Waals surface area contributed by atoms with Crippen molar-refractivity contribution in [1.82, 2.24) is 5.32 Å². The third-order valence-corrected chi connectivity index (χ3v) is 3.46. The Hall–Kier alpha value is -3.04. The van der Waals surface area contributed by atoms with Gasteiger partial charge in [-0.1, -0.05) is 0 Å². The van der Waals surface area contributed by atoms with E-state index in [9.17, 15) is 28.9 Å². The van der Waals surface area contributed by atoms with Crippen LogP contribution in [0.25, 0.3) is 0 Å². The van der Waals surface area contributed by atoms with Crippen molar-refractivity contribution in [1.29, 1.82) is 0 Å². The van der Waals surface area contributed by atoms with Crippen molar-refractivity contribution in [3.63, 3.8) is 0 Å². The first kappa shape index (κ1) is 25.0. The summed E-state index contributed by atoms with van der Waals surface area (Å²) in [5.74, 6) is -3.47. The molecule has 0 aliphatic carbocycles. The molecule has 1 rings (SSSR count). The standard InChI is InChI=1S/C20H27FN2O7/c1-19(2,3)29-16(24)10-9-15(18(26)30-20(4,5)6)22-17(25)13-8-7-12(23(27)28)11-14(13)21/h7-8,11,15H,9-10H2,1-6H3,(H,22,25). The molecule has 0 aliphatic rings. The van der Waals surface area contributed by atoms with Crippen molar-refractivity contribution in [2.75, 3.05) is 0 Å². The molecule has 1 atom stereocenters. The van der Waals surface area contributed by atoms with Crippen LogP contribution in [0.4, 0.5) is 10.1 Å². The highest BCUT2D eigenvalue weighted by atomic mass is 19.1. The molecule has 0 radical (unpaired) electrons. The minimum absolute atomic E-state index is 0.135. The molecular weight excluding hydrogens is 399 g/mol. The number of nitro benzene ring substituents is 1. The SMILES string of the molecule is CC(C)(C)OC(=O)CCC(NC(=O)c1ccc([N+](=O)[O-])cc1F)C(=O)OC(C)(C)C. The summed E-state index contributed by atoms with van der Waals surface area (Å²) < 4.78 is 24.6. The van der Waals surface area contributed by atoms with E-state index in [1.54, 1.807) is 41.5 Å². The number of hydrogen-bond donors (Lipinski definition) is 1. The van der Waals surface area contributed by atoms with Crippen LogP contribution in [0.15, 0.2) is 18.2 Å². The van der Waals surface area contributed by atoms with Crippen LogP contribution in [0.1, 0.15) is 64.7 Å². The monoisotopic (exact) mass is 426 g/mol. The molecule has 0 fully saturated rings. The molecule has 1 aromatic carbocycles. The highest BCUT2D eigenvalue weighted by Crippen LogP contribution is 2.18. The van der Waals surface area contributed by atoms with E-state index in [1.807, 2.05) is 0 Å². The molecule has 0 saturated heterocycles. The lowest BCUT2D eigenvalue weighted by Crippen LogP contribution is -2.44. The second-order valence-electron chi connectivity index (χ2n) is 8.61. The summed E-state index contributed by atoms with van der Waals surface area (Å²) in [6.07, 6.45) is -0.325. The van der Waals surface area contributed by atoms with Crippen molar-refractivity contribution >= 4 is 23.5 Å². The lowest BCUT2D eigenvalue weighted by atomic mass is 10.1. The average molecular weight is 426 g/mol. The smallest absolute Gasteiger partial charge is 0.329 e. The first-order valence-electron chi connectivity index (χ1n) is 9.28. The number of rotatable bonds is 7. The van der Waals surface area contributed by atoms with Gasteiger partial charge in [0.2, 0.25) is 0 Å². The van der Waals surface area contributed by atoms with Crippen LogP contribution in [0.2, 0.25) is 0 Å². The Kier molecular flexibility index (Phi) is 8.03. The number of nitrogens with one attached hydrogen (secondary N) is 1. The van der Waals surface area contributed by atoms with Gasteiger partial charge in [0.1, 0.15) is 23.1 Å². The van der Waals surface area contributed by atoms with Gasteiger partial charge in [-0.2, -0.15) is 0 Å². The van der Waals surface area contributed by atoms with Crippen molar-refractivity contribution in [2.24, 2.45) is 0 Å². The first-order valence-corrected chi connectivity index (χ1v) is 9.28. The van der Waals surface area contributed by atoms with E-state index >= 15 is 0 Å². The highest BCUT2D eigenvalue weighted by Gasteiger charge is 2.29. The Balaban J connectivity index is 2.99. The highest BCUT2D eigenvalue weighted by molar-refractivity contribution is 5.97. The largest absolute Gasteiger partial charge is 0.460 e. The second-order valence-corrected chi connectivity index (χ2v) is 8.61. The second kappa shape index (κ2) is 9.64. The van der Waals surface area contributed by atoms with Crippen LogP contribution in [-0.2, 0) is 19.1 Å². The molecule has 0 aromatic heterocycles. The van der Waals surface area contributed by atoms with Gasteiger partial charge in [0, 0.05) is 12.5 Å². The molecule has 1 aromatic rings. The van der Waals surface area contributed by atoms with Gasteiger partial charge in [0.25, 0.3) is 11.6 Å². The van der Waals surface area contributed by atoms with E-state index in [0.29, 0.717) is 6.07 Å². The van der Waals surface area contributed by atoms with Gasteiger partial charge in [-0.15, -0.1) is 0 Å². The minimum atomic E-state index is -1.25. The summed E-state index contributed by atoms with van der Waals surface area (Å²) >= 11 is 0. The number of esters is 2. The summed E-state index contributed by atoms with van der Waals surface area (Å²) in [5, 5.41) is 13.0. The zero-order chi connectivity index (χ0) is 23.3. The van der Waals surface area contributed by atoms with Crippen molar-refractivity contribution in [2.45, 2.75) is 71.6 Å². The summed E-state index contributed by atoms with van der Waals surface area (Å²) in [5.41, 5.74) is -2.57. The summed E-state index contributed by atoms with van der Waals surface area (Å²) in [7, 11) is 0. The summed E-state index contributed by atoms with van der Waals surface area (Å²) in [6.45, 7) is 9.97. The van der Waals surface area contributed by atoms with Gasteiger partial charge < -0.3 is 14.8 Å². The maximum absolute atomic E-state index is 14.1. The maximum atomic E-state index is 14.1. The lowest BCUT2D eigenvalue weighted by Gasteiger charge is -2.25. The quantitative estimate of drug-likeness (QED) is 0.403. The van der Waals surface area contributed by atoms with Crippen molar-refractivity contribution in [3.8, 4) is 0 Å². The predicted octanol–water partition coefficient (Wildman–Crippen LogP) is 3.30. The molecule has 0 saturated carbocycles. The molecule has 10 heteroatoms. The van der Waals surface area contributed by atoms with E-state index in [4.69, 9.17) is 9.47 Å². The summed E-state index contributed by atoms with van der Waals surface area (Å²) in [4.78, 5) is 46.8. The van der Waals surface area contributed by atoms with Crippen LogP contribution >= 0.6 is 0 Å². The number of ether oxygens (including phenoxy) is 2. The maximum Gasteiger partial charge on any atom is 0.329 e. The van der Waals surface area contributed by atoms with E-state index in [0.717, 1.165) is 12.1 Å². The number of amides is 1. The number of halogens is 1. The Morgan fingerprint density at radius 1 is 1.10 bits per heavy atom. The zero-order valence-corrected chi connectivity index (χ0v) is 17.9. The van der Waals surface area contributed by atoms with Crippen LogP contribution in [-0.4, -0.2) is 40.0 Å². The zero-order valence-electron chi connectivity index (χ0n) is 17.9. The number of hydrogen-bond acceptors (Lipinski definition) is 7. The van der Waals surface area contributed by atoms with Gasteiger partial charge >= 0.3 is 11.9 Å². The Labute approximate surface area is 174 Å². The van der Waals surface area contributed by atoms with Crippen LogP contribution in [0.3, 0.4) is 0 Å². The number of carbonyl (C=O) groups excluding carboxylic acids is 3. The third kappa shape index (κ3) is 8.54. The van der Waals surface area contributed by atoms with E-state index in [-0.39, 0.29) is 12.8 Å². The lowest BCUT2D eigenvalue weighted by molar-refractivity contribution is -0.385. The number of carbonyl (C=O) groups is 3. The molecular formula is C20H27FN2O7. The molecule has 1 amide bonds. The number of nitro groups is 1. The Bertz CT molecular complexity index is 825. The van der Waals surface area contributed by atoms with Gasteiger partial charge in [-0.3, -0.25) is 19.7 Å². The molecule has 1 N–H and O–H groups in total. The molecule has 1 unspecified atom stereocenters. The number of benzene rings is 1. The van der Waals surface area contributed by atoms with Crippen molar-refractivity contribution < 1.29 is 33.2 Å². The normalized spacial score (nSPS) is 12.6. The number of non-ortho nitro benzene ring substituents is 1. The van der Waals surface area contributed by atoms with Crippen molar-refractivity contribution in [3.05, 3.63) is 39.7 Å². The van der Waals surface area contributed by atoms with E-state index < -0.39 is 57.1 Å². The fraction of sp³-hybridized carbons (Fsp3) is 0.550. The van der Waals surface area contributed by atoms with Gasteiger partial charge in [-0.05, 0) is 54.0 Å². The Morgan fingerprint density at radius 3 is 2.13 bits per heavy atom. The predicted molar refractivity (Wildman–Crippen MR) is 105 cm³/mol. The number of nitrogens with zero attached hydrogens (tertiary/aromatic N) is 1.